The van der Waals surface area contributed by atoms with Crippen molar-refractivity contribution >= 4 is 5.65 Å². The van der Waals surface area contributed by atoms with Crippen molar-refractivity contribution in [1.82, 2.24) is 9.38 Å². The van der Waals surface area contributed by atoms with Crippen LogP contribution in [0.25, 0.3) is 16.9 Å². The average molecular weight is 300 g/mol. The minimum Gasteiger partial charge on any atom is -0.493 e. The standard InChI is InChI=1S/C16H13FN2O3/c1-21-13-5-3-10(7-14(13)22-2)12-8-16(20)19-9-11(17)4-6-15(19)18-12/h3-9H,1-2H3. The van der Waals surface area contributed by atoms with Crippen molar-refractivity contribution in [1.29, 1.82) is 0 Å². The fourth-order valence-corrected chi connectivity index (χ4v) is 2.22. The van der Waals surface area contributed by atoms with Crippen LogP contribution in [0.4, 0.5) is 4.39 Å². The lowest BCUT2D eigenvalue weighted by Crippen LogP contribution is -2.14. The van der Waals surface area contributed by atoms with Gasteiger partial charge < -0.3 is 9.47 Å². The second-order valence-electron chi connectivity index (χ2n) is 4.62. The number of halogens is 1. The Labute approximate surface area is 125 Å². The Kier molecular flexibility index (Phi) is 3.50. The lowest BCUT2D eigenvalue weighted by atomic mass is 10.1. The maximum Gasteiger partial charge on any atom is 0.258 e. The minimum atomic E-state index is -0.490. The Morgan fingerprint density at radius 1 is 1.05 bits per heavy atom. The van der Waals surface area contributed by atoms with Crippen LogP contribution in [0.3, 0.4) is 0 Å². The van der Waals surface area contributed by atoms with Crippen molar-refractivity contribution in [3.63, 3.8) is 0 Å². The maximum absolute atomic E-state index is 13.2. The molecule has 2 heterocycles. The zero-order valence-electron chi connectivity index (χ0n) is 12.0. The first-order valence-electron chi connectivity index (χ1n) is 6.54. The smallest absolute Gasteiger partial charge is 0.258 e. The number of fused-ring (bicyclic) bond motifs is 1. The number of rotatable bonds is 3. The lowest BCUT2D eigenvalue weighted by Gasteiger charge is -2.10. The van der Waals surface area contributed by atoms with Gasteiger partial charge in [0.15, 0.2) is 11.5 Å². The average Bonchev–Trinajstić information content (AvgIpc) is 2.54. The Morgan fingerprint density at radius 3 is 2.55 bits per heavy atom. The highest BCUT2D eigenvalue weighted by Crippen LogP contribution is 2.31. The maximum atomic E-state index is 13.2. The Bertz CT molecular complexity index is 906. The first-order chi connectivity index (χ1) is 10.6. The molecule has 1 aromatic carbocycles. The van der Waals surface area contributed by atoms with Crippen molar-refractivity contribution in [3.8, 4) is 22.8 Å². The summed E-state index contributed by atoms with van der Waals surface area (Å²) in [7, 11) is 3.08. The van der Waals surface area contributed by atoms with Gasteiger partial charge in [0.25, 0.3) is 5.56 Å². The second kappa shape index (κ2) is 5.48. The van der Waals surface area contributed by atoms with E-state index < -0.39 is 5.82 Å². The fourth-order valence-electron chi connectivity index (χ4n) is 2.22. The van der Waals surface area contributed by atoms with Crippen LogP contribution in [0.2, 0.25) is 0 Å². The molecule has 0 bridgehead atoms. The first kappa shape index (κ1) is 14.1. The molecule has 6 heteroatoms. The van der Waals surface area contributed by atoms with Crippen LogP contribution in [-0.2, 0) is 0 Å². The van der Waals surface area contributed by atoms with E-state index in [1.165, 1.54) is 29.7 Å². The Hall–Kier alpha value is -2.89. The molecule has 0 unspecified atom stereocenters. The van der Waals surface area contributed by atoms with E-state index in [2.05, 4.69) is 4.98 Å². The van der Waals surface area contributed by atoms with Gasteiger partial charge in [-0.2, -0.15) is 0 Å². The molecule has 112 valence electrons. The minimum absolute atomic E-state index is 0.353. The topological polar surface area (TPSA) is 52.8 Å². The summed E-state index contributed by atoms with van der Waals surface area (Å²) >= 11 is 0. The summed E-state index contributed by atoms with van der Waals surface area (Å²) in [5, 5.41) is 0. The summed E-state index contributed by atoms with van der Waals surface area (Å²) in [4.78, 5) is 16.5. The van der Waals surface area contributed by atoms with Gasteiger partial charge in [-0.05, 0) is 30.3 Å². The molecule has 0 atom stereocenters. The number of benzene rings is 1. The summed E-state index contributed by atoms with van der Waals surface area (Å²) in [6.07, 6.45) is 1.11. The molecule has 3 aromatic rings. The molecule has 2 aromatic heterocycles. The normalized spacial score (nSPS) is 10.7. The molecule has 0 spiro atoms. The largest absolute Gasteiger partial charge is 0.493 e. The van der Waals surface area contributed by atoms with Gasteiger partial charge in [0, 0.05) is 17.8 Å². The molecule has 0 aliphatic heterocycles. The highest BCUT2D eigenvalue weighted by atomic mass is 19.1. The van der Waals surface area contributed by atoms with Gasteiger partial charge in [-0.25, -0.2) is 9.37 Å². The Balaban J connectivity index is 2.18. The lowest BCUT2D eigenvalue weighted by molar-refractivity contribution is 0.355. The van der Waals surface area contributed by atoms with E-state index in [4.69, 9.17) is 9.47 Å². The second-order valence-corrected chi connectivity index (χ2v) is 4.62. The van der Waals surface area contributed by atoms with Gasteiger partial charge in [0.1, 0.15) is 11.5 Å². The van der Waals surface area contributed by atoms with E-state index >= 15 is 0 Å². The number of aromatic nitrogens is 2. The summed E-state index contributed by atoms with van der Waals surface area (Å²) < 4.78 is 24.8. The number of ether oxygens (including phenoxy) is 2. The SMILES string of the molecule is COc1ccc(-c2cc(=O)n3cc(F)ccc3n2)cc1OC. The van der Waals surface area contributed by atoms with E-state index in [0.29, 0.717) is 28.4 Å². The van der Waals surface area contributed by atoms with Gasteiger partial charge in [-0.1, -0.05) is 0 Å². The van der Waals surface area contributed by atoms with Crippen LogP contribution in [0, 0.1) is 5.82 Å². The van der Waals surface area contributed by atoms with Crippen molar-refractivity contribution in [2.45, 2.75) is 0 Å². The van der Waals surface area contributed by atoms with E-state index in [-0.39, 0.29) is 5.56 Å². The third-order valence-corrected chi connectivity index (χ3v) is 3.30. The van der Waals surface area contributed by atoms with Crippen LogP contribution in [-0.4, -0.2) is 23.6 Å². The number of pyridine rings is 1. The van der Waals surface area contributed by atoms with Crippen LogP contribution < -0.4 is 15.0 Å². The molecule has 0 fully saturated rings. The summed E-state index contributed by atoms with van der Waals surface area (Å²) in [6, 6.07) is 9.33. The molecular weight excluding hydrogens is 287 g/mol. The molecule has 22 heavy (non-hydrogen) atoms. The van der Waals surface area contributed by atoms with E-state index in [9.17, 15) is 9.18 Å². The molecule has 0 saturated heterocycles. The third-order valence-electron chi connectivity index (χ3n) is 3.30. The fraction of sp³-hybridized carbons (Fsp3) is 0.125. The highest BCUT2D eigenvalue weighted by molar-refractivity contribution is 5.65. The van der Waals surface area contributed by atoms with Crippen molar-refractivity contribution < 1.29 is 13.9 Å². The van der Waals surface area contributed by atoms with Crippen LogP contribution in [0.1, 0.15) is 0 Å². The first-order valence-corrected chi connectivity index (χ1v) is 6.54. The van der Waals surface area contributed by atoms with Crippen molar-refractivity contribution in [3.05, 3.63) is 58.8 Å². The van der Waals surface area contributed by atoms with Crippen molar-refractivity contribution in [2.75, 3.05) is 14.2 Å². The van der Waals surface area contributed by atoms with E-state index in [0.717, 1.165) is 6.20 Å². The highest BCUT2D eigenvalue weighted by Gasteiger charge is 2.09. The predicted molar refractivity (Wildman–Crippen MR) is 80.0 cm³/mol. The Morgan fingerprint density at radius 2 is 1.82 bits per heavy atom. The molecule has 0 aliphatic rings. The molecule has 3 rings (SSSR count). The van der Waals surface area contributed by atoms with Gasteiger partial charge in [-0.3, -0.25) is 9.20 Å². The third kappa shape index (κ3) is 2.39. The van der Waals surface area contributed by atoms with Gasteiger partial charge in [-0.15, -0.1) is 0 Å². The molecule has 5 nitrogen and oxygen atoms in total. The van der Waals surface area contributed by atoms with E-state index in [1.54, 1.807) is 25.3 Å². The number of nitrogens with zero attached hydrogens (tertiary/aromatic N) is 2. The molecule has 0 saturated carbocycles. The molecular formula is C16H13FN2O3. The van der Waals surface area contributed by atoms with Gasteiger partial charge >= 0.3 is 0 Å². The zero-order valence-corrected chi connectivity index (χ0v) is 12.0. The summed E-state index contributed by atoms with van der Waals surface area (Å²) in [6.45, 7) is 0. The number of methoxy groups -OCH3 is 2. The summed E-state index contributed by atoms with van der Waals surface area (Å²) in [5.74, 6) is 0.641. The molecule has 0 aliphatic carbocycles. The van der Waals surface area contributed by atoms with Crippen molar-refractivity contribution in [2.24, 2.45) is 0 Å². The predicted octanol–water partition coefficient (Wildman–Crippen LogP) is 2.52. The van der Waals surface area contributed by atoms with Crippen LogP contribution in [0.5, 0.6) is 11.5 Å². The van der Waals surface area contributed by atoms with Gasteiger partial charge in [0.2, 0.25) is 0 Å². The monoisotopic (exact) mass is 300 g/mol. The van der Waals surface area contributed by atoms with Crippen LogP contribution >= 0.6 is 0 Å². The molecule has 0 amide bonds. The van der Waals surface area contributed by atoms with E-state index in [1.807, 2.05) is 0 Å². The summed E-state index contributed by atoms with van der Waals surface area (Å²) in [5.41, 5.74) is 1.21. The molecule has 0 N–H and O–H groups in total. The zero-order chi connectivity index (χ0) is 15.7. The van der Waals surface area contributed by atoms with Gasteiger partial charge in [0.05, 0.1) is 19.9 Å². The quantitative estimate of drug-likeness (QED) is 0.746. The van der Waals surface area contributed by atoms with Crippen LogP contribution in [0.15, 0.2) is 47.4 Å². The number of hydrogen-bond donors (Lipinski definition) is 0. The number of hydrogen-bond acceptors (Lipinski definition) is 4. The molecule has 0 radical (unpaired) electrons.